The summed E-state index contributed by atoms with van der Waals surface area (Å²) >= 11 is 0. The molecule has 1 N–H and O–H groups in total. The van der Waals surface area contributed by atoms with E-state index < -0.39 is 15.9 Å². The number of nitrogens with one attached hydrogen (secondary N) is 1. The van der Waals surface area contributed by atoms with Crippen LogP contribution in [-0.2, 0) is 10.0 Å². The lowest BCUT2D eigenvalue weighted by Gasteiger charge is -2.67. The van der Waals surface area contributed by atoms with Crippen molar-refractivity contribution in [1.29, 1.82) is 0 Å². The van der Waals surface area contributed by atoms with Crippen molar-refractivity contribution in [2.24, 2.45) is 23.2 Å². The van der Waals surface area contributed by atoms with Gasteiger partial charge in [-0.15, -0.1) is 0 Å². The number of hydrogen-bond acceptors (Lipinski definition) is 6. The molecule has 0 aliphatic heterocycles. The lowest BCUT2D eigenvalue weighted by atomic mass is 9.38. The number of sulfonamides is 1. The molecule has 4 atom stereocenters. The van der Waals surface area contributed by atoms with Crippen molar-refractivity contribution < 1.29 is 22.7 Å². The largest absolute Gasteiger partial charge is 0.493 e. The van der Waals surface area contributed by atoms with Gasteiger partial charge in [0.25, 0.3) is 5.91 Å². The highest BCUT2D eigenvalue weighted by Gasteiger charge is 2.66. The third-order valence-electron chi connectivity index (χ3n) is 8.31. The Labute approximate surface area is 201 Å². The zero-order chi connectivity index (χ0) is 23.9. The molecule has 3 aliphatic carbocycles. The molecular weight excluding hydrogens is 452 g/mol. The van der Waals surface area contributed by atoms with Gasteiger partial charge in [0.15, 0.2) is 0 Å². The van der Waals surface area contributed by atoms with E-state index in [-0.39, 0.29) is 5.56 Å². The summed E-state index contributed by atoms with van der Waals surface area (Å²) in [6.45, 7) is 0.590. The summed E-state index contributed by atoms with van der Waals surface area (Å²) in [5.41, 5.74) is 2.21. The van der Waals surface area contributed by atoms with Crippen molar-refractivity contribution in [1.82, 2.24) is 9.71 Å². The number of benzene rings is 1. The number of carbonyl (C=O) groups is 1. The number of hydrogen-bond donors (Lipinski definition) is 1. The maximum atomic E-state index is 12.5. The average Bonchev–Trinajstić information content (AvgIpc) is 3.21. The minimum atomic E-state index is -3.67. The predicted molar refractivity (Wildman–Crippen MR) is 129 cm³/mol. The number of nitrogens with zero attached hydrogens (tertiary/aromatic N) is 1. The third kappa shape index (κ3) is 4.06. The van der Waals surface area contributed by atoms with E-state index in [1.54, 1.807) is 30.5 Å². The molecule has 8 heteroatoms. The monoisotopic (exact) mass is 484 g/mol. The zero-order valence-electron chi connectivity index (χ0n) is 19.7. The summed E-state index contributed by atoms with van der Waals surface area (Å²) in [5.74, 6) is 3.15. The van der Waals surface area contributed by atoms with Crippen LogP contribution >= 0.6 is 0 Å². The molecule has 3 fully saturated rings. The Morgan fingerprint density at radius 1 is 1.21 bits per heavy atom. The van der Waals surface area contributed by atoms with Crippen molar-refractivity contribution >= 4 is 15.9 Å². The lowest BCUT2D eigenvalue weighted by Crippen LogP contribution is -2.60. The van der Waals surface area contributed by atoms with Crippen LogP contribution in [0.5, 0.6) is 11.6 Å². The molecule has 2 aromatic rings. The lowest BCUT2D eigenvalue weighted by molar-refractivity contribution is -0.183. The molecule has 34 heavy (non-hydrogen) atoms. The first kappa shape index (κ1) is 23.1. The van der Waals surface area contributed by atoms with Gasteiger partial charge in [-0.05, 0) is 92.0 Å². The second kappa shape index (κ2) is 8.87. The Morgan fingerprint density at radius 3 is 2.79 bits per heavy atom. The Bertz CT molecular complexity index is 1200. The molecule has 3 saturated carbocycles. The summed E-state index contributed by atoms with van der Waals surface area (Å²) < 4.78 is 36.7. The summed E-state index contributed by atoms with van der Waals surface area (Å²) in [7, 11) is -2.14. The van der Waals surface area contributed by atoms with Crippen molar-refractivity contribution in [2.45, 2.75) is 44.9 Å². The summed E-state index contributed by atoms with van der Waals surface area (Å²) in [6, 6.07) is 8.55. The molecule has 182 valence electrons. The number of carbonyl (C=O) groups excluding carboxylic acids is 1. The van der Waals surface area contributed by atoms with E-state index in [0.29, 0.717) is 34.8 Å². The van der Waals surface area contributed by atoms with E-state index in [9.17, 15) is 13.2 Å². The Balaban J connectivity index is 1.31. The first-order chi connectivity index (χ1) is 16.3. The van der Waals surface area contributed by atoms with Crippen LogP contribution in [0.15, 0.2) is 36.5 Å². The highest BCUT2D eigenvalue weighted by atomic mass is 32.2. The molecule has 3 aliphatic rings. The first-order valence-corrected chi connectivity index (χ1v) is 14.0. The maximum absolute atomic E-state index is 12.5. The van der Waals surface area contributed by atoms with Gasteiger partial charge >= 0.3 is 0 Å². The van der Waals surface area contributed by atoms with Crippen LogP contribution in [0.1, 0.15) is 55.3 Å². The fourth-order valence-electron chi connectivity index (χ4n) is 6.89. The van der Waals surface area contributed by atoms with E-state index in [4.69, 9.17) is 9.47 Å². The van der Waals surface area contributed by atoms with Crippen molar-refractivity contribution in [3.8, 4) is 22.8 Å². The van der Waals surface area contributed by atoms with Crippen LogP contribution in [-0.4, -0.2) is 39.3 Å². The van der Waals surface area contributed by atoms with Crippen molar-refractivity contribution in [3.63, 3.8) is 0 Å². The van der Waals surface area contributed by atoms with E-state index in [2.05, 4.69) is 4.98 Å². The van der Waals surface area contributed by atoms with Gasteiger partial charge in [-0.3, -0.25) is 4.79 Å². The van der Waals surface area contributed by atoms with Gasteiger partial charge in [-0.1, -0.05) is 6.42 Å². The van der Waals surface area contributed by atoms with Gasteiger partial charge in [0, 0.05) is 22.9 Å². The number of rotatable bonds is 9. The molecule has 1 spiro atoms. The van der Waals surface area contributed by atoms with Crippen LogP contribution in [0, 0.1) is 23.2 Å². The van der Waals surface area contributed by atoms with E-state index >= 15 is 0 Å². The highest BCUT2D eigenvalue weighted by molar-refractivity contribution is 7.89. The topological polar surface area (TPSA) is 94.6 Å². The van der Waals surface area contributed by atoms with Crippen LogP contribution in [0.2, 0.25) is 0 Å². The molecule has 0 radical (unpaired) electrons. The van der Waals surface area contributed by atoms with Gasteiger partial charge in [0.1, 0.15) is 5.75 Å². The van der Waals surface area contributed by atoms with Gasteiger partial charge in [0.05, 0.1) is 20.0 Å². The SMILES string of the molecule is COc1ncccc1-c1cc(C(=O)NS(C)(=O)=O)ccc1OCCCC1CC2CC3CCCC132. The zero-order valence-corrected chi connectivity index (χ0v) is 20.6. The molecule has 0 bridgehead atoms. The second-order valence-corrected chi connectivity index (χ2v) is 11.8. The molecular formula is C26H32N2O5S. The number of amides is 1. The Kier molecular flexibility index (Phi) is 6.04. The minimum absolute atomic E-state index is 0.218. The molecule has 0 saturated heterocycles. The molecule has 1 heterocycles. The third-order valence-corrected chi connectivity index (χ3v) is 8.87. The molecule has 4 unspecified atom stereocenters. The van der Waals surface area contributed by atoms with Gasteiger partial charge < -0.3 is 9.47 Å². The van der Waals surface area contributed by atoms with Crippen molar-refractivity contribution in [3.05, 3.63) is 42.1 Å². The van der Waals surface area contributed by atoms with Gasteiger partial charge in [0.2, 0.25) is 15.9 Å². The van der Waals surface area contributed by atoms with Crippen molar-refractivity contribution in [2.75, 3.05) is 20.0 Å². The quantitative estimate of drug-likeness (QED) is 0.529. The molecule has 1 amide bonds. The summed E-state index contributed by atoms with van der Waals surface area (Å²) in [5, 5.41) is 0. The number of pyridine rings is 1. The highest BCUT2D eigenvalue weighted by Crippen LogP contribution is 2.75. The van der Waals surface area contributed by atoms with E-state index in [1.807, 2.05) is 10.8 Å². The average molecular weight is 485 g/mol. The van der Waals surface area contributed by atoms with Crippen LogP contribution in [0.4, 0.5) is 0 Å². The number of methoxy groups -OCH3 is 1. The summed E-state index contributed by atoms with van der Waals surface area (Å²) in [4.78, 5) is 16.7. The second-order valence-electron chi connectivity index (χ2n) is 10.0. The van der Waals surface area contributed by atoms with E-state index in [1.165, 1.54) is 45.6 Å². The van der Waals surface area contributed by atoms with Crippen LogP contribution in [0.25, 0.3) is 11.1 Å². The van der Waals surface area contributed by atoms with Crippen LogP contribution < -0.4 is 14.2 Å². The predicted octanol–water partition coefficient (Wildman–Crippen LogP) is 4.43. The molecule has 1 aromatic heterocycles. The smallest absolute Gasteiger partial charge is 0.264 e. The molecule has 7 nitrogen and oxygen atoms in total. The molecule has 5 rings (SSSR count). The maximum Gasteiger partial charge on any atom is 0.264 e. The fraction of sp³-hybridized carbons (Fsp3) is 0.538. The normalized spacial score (nSPS) is 27.1. The van der Waals surface area contributed by atoms with Gasteiger partial charge in [-0.2, -0.15) is 0 Å². The Hall–Kier alpha value is -2.61. The minimum Gasteiger partial charge on any atom is -0.493 e. The first-order valence-electron chi connectivity index (χ1n) is 12.1. The fourth-order valence-corrected chi connectivity index (χ4v) is 7.34. The standard InChI is InChI=1S/C26H32N2O5S/c1-32-25-21(8-4-12-27-25)22-14-17(24(29)28-34(2,30)31)9-10-23(22)33-13-5-7-19-16-20-15-18-6-3-11-26(18,19)20/h4,8-10,12,14,18-20H,3,5-7,11,13,15-16H2,1-2H3,(H,28,29). The number of ether oxygens (including phenoxy) is 2. The number of aromatic nitrogens is 1. The van der Waals surface area contributed by atoms with Crippen LogP contribution in [0.3, 0.4) is 0 Å². The summed E-state index contributed by atoms with van der Waals surface area (Å²) in [6.07, 6.45) is 11.9. The van der Waals surface area contributed by atoms with E-state index in [0.717, 1.165) is 30.4 Å². The molecule has 1 aromatic carbocycles. The Morgan fingerprint density at radius 2 is 2.06 bits per heavy atom. The van der Waals surface area contributed by atoms with Gasteiger partial charge in [-0.25, -0.2) is 18.1 Å².